The summed E-state index contributed by atoms with van der Waals surface area (Å²) < 4.78 is 0.840. The lowest BCUT2D eigenvalue weighted by Crippen LogP contribution is -2.46. The molecule has 1 aliphatic rings. The molecule has 1 aromatic heterocycles. The highest BCUT2D eigenvalue weighted by Gasteiger charge is 2.32. The van der Waals surface area contributed by atoms with Crippen molar-refractivity contribution < 1.29 is 14.4 Å². The van der Waals surface area contributed by atoms with Gasteiger partial charge in [0.15, 0.2) is 5.13 Å². The normalized spacial score (nSPS) is 13.8. The van der Waals surface area contributed by atoms with Crippen molar-refractivity contribution in [2.24, 2.45) is 0 Å². The number of amides is 3. The summed E-state index contributed by atoms with van der Waals surface area (Å²) in [6.45, 7) is -0.345. The van der Waals surface area contributed by atoms with Crippen molar-refractivity contribution in [1.82, 2.24) is 9.88 Å². The first kappa shape index (κ1) is 16.7. The lowest BCUT2D eigenvalue weighted by Gasteiger charge is -2.26. The molecule has 2 heterocycles. The van der Waals surface area contributed by atoms with E-state index in [1.165, 1.54) is 11.3 Å². The molecule has 2 aromatic carbocycles. The second-order valence-electron chi connectivity index (χ2n) is 5.80. The molecule has 0 fully saturated rings. The average molecular weight is 386 g/mol. The van der Waals surface area contributed by atoms with Crippen molar-refractivity contribution in [2.45, 2.75) is 6.42 Å². The van der Waals surface area contributed by atoms with Crippen LogP contribution in [0.1, 0.15) is 15.9 Å². The molecule has 0 aliphatic carbocycles. The third-order valence-electron chi connectivity index (χ3n) is 4.03. The van der Waals surface area contributed by atoms with Crippen LogP contribution < -0.4 is 5.32 Å². The Morgan fingerprint density at radius 2 is 2.04 bits per heavy atom. The minimum absolute atomic E-state index is 0.106. The number of fused-ring (bicyclic) bond motifs is 2. The third-order valence-corrected chi connectivity index (χ3v) is 5.20. The molecule has 0 saturated heterocycles. The Balaban J connectivity index is 1.50. The van der Waals surface area contributed by atoms with E-state index < -0.39 is 11.8 Å². The van der Waals surface area contributed by atoms with Gasteiger partial charge in [-0.15, -0.1) is 0 Å². The average Bonchev–Trinajstić information content (AvgIpc) is 2.99. The van der Waals surface area contributed by atoms with E-state index in [0.717, 1.165) is 9.60 Å². The Labute approximate surface area is 157 Å². The maximum absolute atomic E-state index is 12.5. The van der Waals surface area contributed by atoms with Crippen LogP contribution in [0.5, 0.6) is 0 Å². The van der Waals surface area contributed by atoms with E-state index in [1.54, 1.807) is 42.5 Å². The highest BCUT2D eigenvalue weighted by Crippen LogP contribution is 2.28. The molecule has 0 radical (unpaired) electrons. The zero-order valence-corrected chi connectivity index (χ0v) is 14.9. The van der Waals surface area contributed by atoms with Gasteiger partial charge in [0.2, 0.25) is 11.8 Å². The fourth-order valence-corrected chi connectivity index (χ4v) is 3.97. The maximum atomic E-state index is 12.5. The Hall–Kier alpha value is -2.77. The fraction of sp³-hybridized carbons (Fsp3) is 0.111. The zero-order valence-electron chi connectivity index (χ0n) is 13.4. The predicted molar refractivity (Wildman–Crippen MR) is 99.4 cm³/mol. The zero-order chi connectivity index (χ0) is 18.3. The van der Waals surface area contributed by atoms with Gasteiger partial charge in [-0.1, -0.05) is 41.1 Å². The smallest absolute Gasteiger partial charge is 0.261 e. The molecule has 26 heavy (non-hydrogen) atoms. The van der Waals surface area contributed by atoms with Crippen LogP contribution in [0.3, 0.4) is 0 Å². The van der Waals surface area contributed by atoms with Gasteiger partial charge in [0, 0.05) is 10.6 Å². The first-order chi connectivity index (χ1) is 12.5. The predicted octanol–water partition coefficient (Wildman–Crippen LogP) is 3.11. The SMILES string of the molecule is O=C(CN1C(=O)Cc2ccccc2C1=O)Nc1nc2ccc(Cl)cc2s1. The molecular weight excluding hydrogens is 374 g/mol. The summed E-state index contributed by atoms with van der Waals surface area (Å²) in [6.07, 6.45) is 0.106. The molecule has 1 aliphatic heterocycles. The monoisotopic (exact) mass is 385 g/mol. The molecule has 130 valence electrons. The minimum Gasteiger partial charge on any atom is -0.300 e. The van der Waals surface area contributed by atoms with E-state index in [9.17, 15) is 14.4 Å². The van der Waals surface area contributed by atoms with Gasteiger partial charge >= 0.3 is 0 Å². The van der Waals surface area contributed by atoms with E-state index in [0.29, 0.717) is 26.8 Å². The van der Waals surface area contributed by atoms with Crippen LogP contribution in [-0.4, -0.2) is 34.2 Å². The van der Waals surface area contributed by atoms with Crippen molar-refractivity contribution in [2.75, 3.05) is 11.9 Å². The van der Waals surface area contributed by atoms with E-state index in [1.807, 2.05) is 0 Å². The number of hydrogen-bond acceptors (Lipinski definition) is 5. The van der Waals surface area contributed by atoms with Gasteiger partial charge in [-0.25, -0.2) is 4.98 Å². The number of thiazole rings is 1. The molecule has 3 amide bonds. The molecule has 0 bridgehead atoms. The number of nitrogens with zero attached hydrogens (tertiary/aromatic N) is 2. The van der Waals surface area contributed by atoms with Gasteiger partial charge in [0.05, 0.1) is 16.6 Å². The van der Waals surface area contributed by atoms with Crippen molar-refractivity contribution in [3.05, 3.63) is 58.6 Å². The summed E-state index contributed by atoms with van der Waals surface area (Å²) in [5.41, 5.74) is 1.85. The third kappa shape index (κ3) is 3.07. The molecule has 3 aromatic rings. The van der Waals surface area contributed by atoms with Crippen LogP contribution >= 0.6 is 22.9 Å². The quantitative estimate of drug-likeness (QED) is 0.702. The number of carbonyl (C=O) groups excluding carboxylic acids is 3. The molecule has 0 spiro atoms. The lowest BCUT2D eigenvalue weighted by atomic mass is 9.98. The summed E-state index contributed by atoms with van der Waals surface area (Å²) in [7, 11) is 0. The number of hydrogen-bond donors (Lipinski definition) is 1. The van der Waals surface area contributed by atoms with E-state index >= 15 is 0 Å². The molecular formula is C18H12ClN3O3S. The summed E-state index contributed by atoms with van der Waals surface area (Å²) >= 11 is 7.22. The number of benzene rings is 2. The molecule has 4 rings (SSSR count). The fourth-order valence-electron chi connectivity index (χ4n) is 2.81. The Kier molecular flexibility index (Phi) is 4.18. The highest BCUT2D eigenvalue weighted by atomic mass is 35.5. The summed E-state index contributed by atoms with van der Waals surface area (Å²) in [5, 5.41) is 3.62. The number of halogens is 1. The van der Waals surface area contributed by atoms with Crippen molar-refractivity contribution in [3.8, 4) is 0 Å². The second kappa shape index (κ2) is 6.51. The number of imide groups is 1. The van der Waals surface area contributed by atoms with Crippen LogP contribution in [0, 0.1) is 0 Å². The lowest BCUT2D eigenvalue weighted by molar-refractivity contribution is -0.131. The molecule has 1 N–H and O–H groups in total. The van der Waals surface area contributed by atoms with Crippen LogP contribution in [0.4, 0.5) is 5.13 Å². The van der Waals surface area contributed by atoms with Gasteiger partial charge in [-0.05, 0) is 29.8 Å². The van der Waals surface area contributed by atoms with Crippen LogP contribution in [-0.2, 0) is 16.0 Å². The first-order valence-electron chi connectivity index (χ1n) is 7.80. The maximum Gasteiger partial charge on any atom is 0.261 e. The molecule has 0 saturated carbocycles. The van der Waals surface area contributed by atoms with Crippen LogP contribution in [0.15, 0.2) is 42.5 Å². The molecule has 0 atom stereocenters. The highest BCUT2D eigenvalue weighted by molar-refractivity contribution is 7.22. The van der Waals surface area contributed by atoms with Gasteiger partial charge in [0.1, 0.15) is 6.54 Å². The van der Waals surface area contributed by atoms with Gasteiger partial charge in [-0.3, -0.25) is 19.3 Å². The Morgan fingerprint density at radius 3 is 2.88 bits per heavy atom. The number of carbonyl (C=O) groups is 3. The number of rotatable bonds is 3. The summed E-state index contributed by atoms with van der Waals surface area (Å²) in [6, 6.07) is 12.2. The van der Waals surface area contributed by atoms with Crippen LogP contribution in [0.2, 0.25) is 5.02 Å². The van der Waals surface area contributed by atoms with Crippen molar-refractivity contribution >= 4 is 56.0 Å². The number of aromatic nitrogens is 1. The van der Waals surface area contributed by atoms with Crippen LogP contribution in [0.25, 0.3) is 10.2 Å². The number of nitrogens with one attached hydrogen (secondary N) is 1. The summed E-state index contributed by atoms with van der Waals surface area (Å²) in [5.74, 6) is -1.32. The summed E-state index contributed by atoms with van der Waals surface area (Å²) in [4.78, 5) is 42.3. The second-order valence-corrected chi connectivity index (χ2v) is 7.27. The van der Waals surface area contributed by atoms with Gasteiger partial charge in [0.25, 0.3) is 5.91 Å². The topological polar surface area (TPSA) is 79.4 Å². The Morgan fingerprint density at radius 1 is 1.23 bits per heavy atom. The molecule has 0 unspecified atom stereocenters. The van der Waals surface area contributed by atoms with Gasteiger partial charge in [-0.2, -0.15) is 0 Å². The van der Waals surface area contributed by atoms with Gasteiger partial charge < -0.3 is 5.32 Å². The van der Waals surface area contributed by atoms with E-state index in [4.69, 9.17) is 11.6 Å². The van der Waals surface area contributed by atoms with E-state index in [-0.39, 0.29) is 18.9 Å². The standard InChI is InChI=1S/C18H12ClN3O3S/c19-11-5-6-13-14(8-11)26-18(20-13)21-15(23)9-22-16(24)7-10-3-1-2-4-12(10)17(22)25/h1-6,8H,7,9H2,(H,20,21,23). The molecule has 8 heteroatoms. The largest absolute Gasteiger partial charge is 0.300 e. The number of anilines is 1. The Bertz CT molecular complexity index is 1060. The molecule has 6 nitrogen and oxygen atoms in total. The minimum atomic E-state index is -0.476. The first-order valence-corrected chi connectivity index (χ1v) is 8.99. The van der Waals surface area contributed by atoms with E-state index in [2.05, 4.69) is 10.3 Å². The van der Waals surface area contributed by atoms with Crippen molar-refractivity contribution in [1.29, 1.82) is 0 Å². The van der Waals surface area contributed by atoms with Crippen molar-refractivity contribution in [3.63, 3.8) is 0 Å².